The average Bonchev–Trinajstić information content (AvgIpc) is 2.27. The Kier molecular flexibility index (Phi) is 6.62. The van der Waals surface area contributed by atoms with Crippen LogP contribution in [0, 0.1) is 0 Å². The molecule has 0 aromatic rings. The maximum Gasteiger partial charge on any atom is 0.469 e. The fourth-order valence-corrected chi connectivity index (χ4v) is 2.65. The zero-order valence-electron chi connectivity index (χ0n) is 9.99. The minimum atomic E-state index is -4.37. The van der Waals surface area contributed by atoms with Gasteiger partial charge in [-0.25, -0.2) is 4.57 Å². The third-order valence-corrected chi connectivity index (χ3v) is 3.64. The van der Waals surface area contributed by atoms with Crippen molar-refractivity contribution in [3.63, 3.8) is 0 Å². The monoisotopic (exact) mass is 267 g/mol. The Hall–Kier alpha value is 0.0300. The second-order valence-corrected chi connectivity index (χ2v) is 5.61. The Morgan fingerprint density at radius 3 is 2.35 bits per heavy atom. The summed E-state index contributed by atoms with van der Waals surface area (Å²) in [5.74, 6) is 0. The summed E-state index contributed by atoms with van der Waals surface area (Å²) in [7, 11) is -4.37. The standard InChI is InChI=1S/C10H22NO5P/c12-8-6-11(7-9-16-17(13,14)15)10-4-2-1-3-5-10/h10,12H,1-9H2,(H2,13,14,15). The molecule has 1 fully saturated rings. The number of aliphatic hydroxyl groups excluding tert-OH is 1. The molecule has 7 heteroatoms. The topological polar surface area (TPSA) is 90.2 Å². The van der Waals surface area contributed by atoms with E-state index in [1.54, 1.807) is 0 Å². The summed E-state index contributed by atoms with van der Waals surface area (Å²) in [4.78, 5) is 19.2. The molecule has 102 valence electrons. The maximum absolute atomic E-state index is 10.6. The Labute approximate surface area is 102 Å². The summed E-state index contributed by atoms with van der Waals surface area (Å²) in [6.07, 6.45) is 5.81. The summed E-state index contributed by atoms with van der Waals surface area (Å²) in [5, 5.41) is 8.99. The third-order valence-electron chi connectivity index (χ3n) is 3.12. The summed E-state index contributed by atoms with van der Waals surface area (Å²) in [6, 6.07) is 0.413. The summed E-state index contributed by atoms with van der Waals surface area (Å²) in [6.45, 7) is 1.05. The van der Waals surface area contributed by atoms with E-state index in [1.165, 1.54) is 19.3 Å². The highest BCUT2D eigenvalue weighted by Gasteiger charge is 2.21. The quantitative estimate of drug-likeness (QED) is 0.589. The molecule has 1 rings (SSSR count). The Bertz CT molecular complexity index is 251. The largest absolute Gasteiger partial charge is 0.469 e. The van der Waals surface area contributed by atoms with Crippen molar-refractivity contribution in [2.45, 2.75) is 38.1 Å². The van der Waals surface area contributed by atoms with Gasteiger partial charge in [0, 0.05) is 19.1 Å². The van der Waals surface area contributed by atoms with Gasteiger partial charge in [0.15, 0.2) is 0 Å². The van der Waals surface area contributed by atoms with Crippen molar-refractivity contribution in [2.75, 3.05) is 26.3 Å². The molecule has 1 aliphatic carbocycles. The van der Waals surface area contributed by atoms with Crippen LogP contribution in [-0.2, 0) is 9.09 Å². The van der Waals surface area contributed by atoms with E-state index in [2.05, 4.69) is 9.42 Å². The molecule has 0 aliphatic heterocycles. The Morgan fingerprint density at radius 2 is 1.82 bits per heavy atom. The van der Waals surface area contributed by atoms with Gasteiger partial charge >= 0.3 is 7.82 Å². The predicted molar refractivity (Wildman–Crippen MR) is 63.5 cm³/mol. The zero-order valence-corrected chi connectivity index (χ0v) is 10.9. The van der Waals surface area contributed by atoms with E-state index >= 15 is 0 Å². The first-order chi connectivity index (χ1) is 8.03. The molecule has 0 aromatic carbocycles. The molecule has 0 atom stereocenters. The van der Waals surface area contributed by atoms with Gasteiger partial charge in [0.2, 0.25) is 0 Å². The van der Waals surface area contributed by atoms with Crippen LogP contribution in [0.15, 0.2) is 0 Å². The lowest BCUT2D eigenvalue weighted by Crippen LogP contribution is -2.40. The second-order valence-electron chi connectivity index (χ2n) is 4.38. The summed E-state index contributed by atoms with van der Waals surface area (Å²) in [5.41, 5.74) is 0. The van der Waals surface area contributed by atoms with Crippen LogP contribution < -0.4 is 0 Å². The molecule has 1 saturated carbocycles. The van der Waals surface area contributed by atoms with Gasteiger partial charge < -0.3 is 14.9 Å². The molecule has 0 spiro atoms. The molecule has 0 amide bonds. The van der Waals surface area contributed by atoms with Crippen LogP contribution >= 0.6 is 7.82 Å². The Balaban J connectivity index is 2.34. The minimum Gasteiger partial charge on any atom is -0.395 e. The molecular formula is C10H22NO5P. The van der Waals surface area contributed by atoms with Gasteiger partial charge in [-0.15, -0.1) is 0 Å². The van der Waals surface area contributed by atoms with Crippen molar-refractivity contribution >= 4 is 7.82 Å². The van der Waals surface area contributed by atoms with E-state index in [0.29, 0.717) is 19.1 Å². The molecule has 0 saturated heterocycles. The molecule has 0 bridgehead atoms. The number of phosphoric acid groups is 1. The molecule has 1 aliphatic rings. The predicted octanol–water partition coefficient (Wildman–Crippen LogP) is 0.723. The van der Waals surface area contributed by atoms with E-state index in [0.717, 1.165) is 12.8 Å². The molecule has 17 heavy (non-hydrogen) atoms. The van der Waals surface area contributed by atoms with Gasteiger partial charge in [0.1, 0.15) is 0 Å². The van der Waals surface area contributed by atoms with Crippen molar-refractivity contribution in [1.29, 1.82) is 0 Å². The van der Waals surface area contributed by atoms with Gasteiger partial charge in [-0.1, -0.05) is 19.3 Å². The van der Waals surface area contributed by atoms with E-state index in [4.69, 9.17) is 14.9 Å². The van der Waals surface area contributed by atoms with Crippen LogP contribution in [0.4, 0.5) is 0 Å². The number of phosphoric ester groups is 1. The first-order valence-corrected chi connectivity index (χ1v) is 7.61. The highest BCUT2D eigenvalue weighted by Crippen LogP contribution is 2.35. The highest BCUT2D eigenvalue weighted by molar-refractivity contribution is 7.46. The number of hydrogen-bond donors (Lipinski definition) is 3. The van der Waals surface area contributed by atoms with Gasteiger partial charge in [-0.2, -0.15) is 0 Å². The molecule has 0 radical (unpaired) electrons. The summed E-state index contributed by atoms with van der Waals surface area (Å²) < 4.78 is 15.0. The molecule has 6 nitrogen and oxygen atoms in total. The molecule has 3 N–H and O–H groups in total. The lowest BCUT2D eigenvalue weighted by atomic mass is 9.94. The smallest absolute Gasteiger partial charge is 0.395 e. The first kappa shape index (κ1) is 15.1. The molecule has 0 heterocycles. The maximum atomic E-state index is 10.6. The van der Waals surface area contributed by atoms with Crippen LogP contribution in [0.3, 0.4) is 0 Å². The SMILES string of the molecule is O=P(O)(O)OCCN(CCO)C1CCCCC1. The van der Waals surface area contributed by atoms with E-state index in [-0.39, 0.29) is 13.2 Å². The van der Waals surface area contributed by atoms with Crippen molar-refractivity contribution in [2.24, 2.45) is 0 Å². The molecule has 0 aromatic heterocycles. The zero-order chi connectivity index (χ0) is 12.7. The third kappa shape index (κ3) is 6.50. The van der Waals surface area contributed by atoms with Gasteiger partial charge in [0.05, 0.1) is 13.2 Å². The van der Waals surface area contributed by atoms with E-state index in [1.807, 2.05) is 0 Å². The lowest BCUT2D eigenvalue weighted by molar-refractivity contribution is 0.0961. The van der Waals surface area contributed by atoms with Gasteiger partial charge in [-0.05, 0) is 12.8 Å². The highest BCUT2D eigenvalue weighted by atomic mass is 31.2. The average molecular weight is 267 g/mol. The lowest BCUT2D eigenvalue weighted by Gasteiger charge is -2.33. The van der Waals surface area contributed by atoms with Crippen molar-refractivity contribution in [1.82, 2.24) is 4.90 Å². The van der Waals surface area contributed by atoms with E-state index in [9.17, 15) is 4.57 Å². The number of hydrogen-bond acceptors (Lipinski definition) is 4. The van der Waals surface area contributed by atoms with Gasteiger partial charge in [-0.3, -0.25) is 9.42 Å². The fraction of sp³-hybridized carbons (Fsp3) is 1.00. The number of nitrogens with zero attached hydrogens (tertiary/aromatic N) is 1. The minimum absolute atomic E-state index is 0.000772. The first-order valence-electron chi connectivity index (χ1n) is 6.08. The van der Waals surface area contributed by atoms with Crippen molar-refractivity contribution in [3.8, 4) is 0 Å². The van der Waals surface area contributed by atoms with Gasteiger partial charge in [0.25, 0.3) is 0 Å². The van der Waals surface area contributed by atoms with Crippen molar-refractivity contribution < 1.29 is 24.0 Å². The number of aliphatic hydroxyl groups is 1. The number of rotatable bonds is 7. The van der Waals surface area contributed by atoms with E-state index < -0.39 is 7.82 Å². The van der Waals surface area contributed by atoms with Crippen LogP contribution in [0.5, 0.6) is 0 Å². The van der Waals surface area contributed by atoms with Crippen LogP contribution in [0.1, 0.15) is 32.1 Å². The van der Waals surface area contributed by atoms with Crippen LogP contribution in [-0.4, -0.2) is 52.1 Å². The molecule has 0 unspecified atom stereocenters. The Morgan fingerprint density at radius 1 is 1.18 bits per heavy atom. The van der Waals surface area contributed by atoms with Crippen molar-refractivity contribution in [3.05, 3.63) is 0 Å². The summed E-state index contributed by atoms with van der Waals surface area (Å²) >= 11 is 0. The normalized spacial score (nSPS) is 18.8. The fourth-order valence-electron chi connectivity index (χ4n) is 2.33. The van der Waals surface area contributed by atoms with Crippen LogP contribution in [0.2, 0.25) is 0 Å². The second kappa shape index (κ2) is 7.46. The molecular weight excluding hydrogens is 245 g/mol. The van der Waals surface area contributed by atoms with Crippen LogP contribution in [0.25, 0.3) is 0 Å².